The lowest BCUT2D eigenvalue weighted by Gasteiger charge is -2.10. The van der Waals surface area contributed by atoms with Crippen molar-refractivity contribution in [1.82, 2.24) is 4.98 Å². The predicted molar refractivity (Wildman–Crippen MR) is 72.4 cm³/mol. The van der Waals surface area contributed by atoms with E-state index in [2.05, 4.69) is 9.71 Å². The molecule has 0 radical (unpaired) electrons. The number of hydrogen-bond acceptors (Lipinski definition) is 5. The van der Waals surface area contributed by atoms with E-state index in [0.717, 1.165) is 6.07 Å². The smallest absolute Gasteiger partial charge is 0.281 e. The number of nitrogens with two attached hydrogens (primary N) is 1. The first-order chi connectivity index (χ1) is 9.44. The van der Waals surface area contributed by atoms with Crippen molar-refractivity contribution in [2.75, 3.05) is 17.6 Å². The highest BCUT2D eigenvalue weighted by Crippen LogP contribution is 2.23. The number of aromatic nitrogens is 1. The van der Waals surface area contributed by atoms with Gasteiger partial charge in [0.05, 0.1) is 18.5 Å². The molecule has 1 aromatic carbocycles. The van der Waals surface area contributed by atoms with Crippen LogP contribution in [-0.2, 0) is 10.0 Å². The normalized spacial score (nSPS) is 11.1. The summed E-state index contributed by atoms with van der Waals surface area (Å²) in [5.74, 6) is -0.660. The largest absolute Gasteiger partial charge is 0.494 e. The van der Waals surface area contributed by atoms with Gasteiger partial charge in [-0.25, -0.2) is 9.37 Å². The average Bonchev–Trinajstić information content (AvgIpc) is 2.38. The maximum absolute atomic E-state index is 13.5. The molecular formula is C12H12FN3O3S. The van der Waals surface area contributed by atoms with Gasteiger partial charge in [0.15, 0.2) is 16.6 Å². The Balaban J connectivity index is 2.34. The molecular weight excluding hydrogens is 285 g/mol. The number of sulfonamides is 1. The molecule has 0 bridgehead atoms. The summed E-state index contributed by atoms with van der Waals surface area (Å²) in [5, 5.41) is -0.309. The summed E-state index contributed by atoms with van der Waals surface area (Å²) < 4.78 is 44.6. The first-order valence-corrected chi connectivity index (χ1v) is 6.99. The molecule has 1 heterocycles. The van der Waals surface area contributed by atoms with Gasteiger partial charge in [-0.1, -0.05) is 0 Å². The van der Waals surface area contributed by atoms with Crippen molar-refractivity contribution in [2.24, 2.45) is 0 Å². The van der Waals surface area contributed by atoms with Gasteiger partial charge in [0.1, 0.15) is 0 Å². The number of anilines is 2. The van der Waals surface area contributed by atoms with Crippen LogP contribution in [0.25, 0.3) is 0 Å². The molecule has 0 amide bonds. The fraction of sp³-hybridized carbons (Fsp3) is 0.0833. The monoisotopic (exact) mass is 297 g/mol. The van der Waals surface area contributed by atoms with Crippen LogP contribution in [-0.4, -0.2) is 20.5 Å². The lowest BCUT2D eigenvalue weighted by molar-refractivity contribution is 0.386. The summed E-state index contributed by atoms with van der Waals surface area (Å²) in [6.07, 6.45) is 1.31. The Bertz CT molecular complexity index is 734. The number of halogens is 1. The van der Waals surface area contributed by atoms with E-state index in [0.29, 0.717) is 0 Å². The van der Waals surface area contributed by atoms with Gasteiger partial charge in [0.25, 0.3) is 10.0 Å². The summed E-state index contributed by atoms with van der Waals surface area (Å²) in [6, 6.07) is 6.63. The minimum atomic E-state index is -3.97. The van der Waals surface area contributed by atoms with Gasteiger partial charge in [0.2, 0.25) is 0 Å². The second-order valence-electron chi connectivity index (χ2n) is 3.85. The van der Waals surface area contributed by atoms with Gasteiger partial charge in [-0.05, 0) is 24.3 Å². The number of pyridine rings is 1. The van der Waals surface area contributed by atoms with Gasteiger partial charge in [-0.2, -0.15) is 8.42 Å². The Morgan fingerprint density at radius 3 is 2.70 bits per heavy atom. The van der Waals surface area contributed by atoms with Gasteiger partial charge in [-0.15, -0.1) is 0 Å². The van der Waals surface area contributed by atoms with Crippen molar-refractivity contribution in [2.45, 2.75) is 5.03 Å². The first kappa shape index (κ1) is 14.1. The number of benzene rings is 1. The molecule has 0 saturated carbocycles. The van der Waals surface area contributed by atoms with Crippen LogP contribution < -0.4 is 15.2 Å². The zero-order valence-electron chi connectivity index (χ0n) is 10.5. The number of ether oxygens (including phenoxy) is 1. The minimum absolute atomic E-state index is 0.00832. The number of rotatable bonds is 4. The number of methoxy groups -OCH3 is 1. The second kappa shape index (κ2) is 5.33. The Labute approximate surface area is 115 Å². The van der Waals surface area contributed by atoms with E-state index in [9.17, 15) is 12.8 Å². The molecule has 0 unspecified atom stereocenters. The summed E-state index contributed by atoms with van der Waals surface area (Å²) in [5.41, 5.74) is 5.62. The van der Waals surface area contributed by atoms with E-state index in [1.807, 2.05) is 0 Å². The number of hydrogen-bond donors (Lipinski definition) is 2. The maximum Gasteiger partial charge on any atom is 0.281 e. The van der Waals surface area contributed by atoms with Crippen molar-refractivity contribution in [1.29, 1.82) is 0 Å². The molecule has 0 saturated heterocycles. The third kappa shape index (κ3) is 2.80. The molecule has 2 rings (SSSR count). The van der Waals surface area contributed by atoms with Crippen molar-refractivity contribution < 1.29 is 17.5 Å². The van der Waals surface area contributed by atoms with Crippen LogP contribution in [0.15, 0.2) is 41.6 Å². The third-order valence-electron chi connectivity index (χ3n) is 2.46. The molecule has 0 aliphatic heterocycles. The molecule has 8 heteroatoms. The molecule has 20 heavy (non-hydrogen) atoms. The van der Waals surface area contributed by atoms with Gasteiger partial charge in [-0.3, -0.25) is 4.72 Å². The molecule has 0 fully saturated rings. The lowest BCUT2D eigenvalue weighted by Crippen LogP contribution is -2.16. The fourth-order valence-electron chi connectivity index (χ4n) is 1.56. The Hall–Kier alpha value is -2.35. The van der Waals surface area contributed by atoms with Crippen LogP contribution in [0.2, 0.25) is 0 Å². The molecule has 2 aromatic rings. The summed E-state index contributed by atoms with van der Waals surface area (Å²) in [4.78, 5) is 3.71. The number of nitrogen functional groups attached to an aromatic ring is 1. The van der Waals surface area contributed by atoms with Gasteiger partial charge in [0, 0.05) is 12.3 Å². The lowest BCUT2D eigenvalue weighted by atomic mass is 10.3. The summed E-state index contributed by atoms with van der Waals surface area (Å²) in [6.45, 7) is 0. The Morgan fingerprint density at radius 2 is 2.10 bits per heavy atom. The molecule has 0 atom stereocenters. The highest BCUT2D eigenvalue weighted by Gasteiger charge is 2.19. The quantitative estimate of drug-likeness (QED) is 0.894. The molecule has 6 nitrogen and oxygen atoms in total. The zero-order valence-corrected chi connectivity index (χ0v) is 11.3. The molecule has 1 aromatic heterocycles. The number of nitrogens with zero attached hydrogens (tertiary/aromatic N) is 1. The van der Waals surface area contributed by atoms with Crippen molar-refractivity contribution in [3.63, 3.8) is 0 Å². The van der Waals surface area contributed by atoms with Gasteiger partial charge < -0.3 is 10.5 Å². The SMILES string of the molecule is COc1ccc(NS(=O)(=O)c2ncccc2N)cc1F. The highest BCUT2D eigenvalue weighted by atomic mass is 32.2. The Morgan fingerprint density at radius 1 is 1.35 bits per heavy atom. The molecule has 0 aliphatic rings. The van der Waals surface area contributed by atoms with Crippen LogP contribution in [0.4, 0.5) is 15.8 Å². The number of nitrogens with one attached hydrogen (secondary N) is 1. The van der Waals surface area contributed by atoms with E-state index in [-0.39, 0.29) is 22.2 Å². The van der Waals surface area contributed by atoms with Crippen LogP contribution in [0.5, 0.6) is 5.75 Å². The van der Waals surface area contributed by atoms with E-state index in [4.69, 9.17) is 10.5 Å². The van der Waals surface area contributed by atoms with E-state index >= 15 is 0 Å². The van der Waals surface area contributed by atoms with Crippen LogP contribution in [0, 0.1) is 5.82 Å². The minimum Gasteiger partial charge on any atom is -0.494 e. The molecule has 3 N–H and O–H groups in total. The van der Waals surface area contributed by atoms with Crippen molar-refractivity contribution in [3.05, 3.63) is 42.3 Å². The van der Waals surface area contributed by atoms with Gasteiger partial charge >= 0.3 is 0 Å². The van der Waals surface area contributed by atoms with E-state index in [1.54, 1.807) is 0 Å². The van der Waals surface area contributed by atoms with Crippen LogP contribution >= 0.6 is 0 Å². The predicted octanol–water partition coefficient (Wildman–Crippen LogP) is 1.61. The molecule has 0 spiro atoms. The zero-order chi connectivity index (χ0) is 14.8. The summed E-state index contributed by atoms with van der Waals surface area (Å²) in [7, 11) is -2.66. The topological polar surface area (TPSA) is 94.3 Å². The van der Waals surface area contributed by atoms with E-state index in [1.165, 1.54) is 37.6 Å². The van der Waals surface area contributed by atoms with Crippen LogP contribution in [0.3, 0.4) is 0 Å². The first-order valence-electron chi connectivity index (χ1n) is 5.51. The maximum atomic E-state index is 13.5. The average molecular weight is 297 g/mol. The standard InChI is InChI=1S/C12H12FN3O3S/c1-19-11-5-4-8(7-9(11)13)16-20(17,18)12-10(14)3-2-6-15-12/h2-7,16H,14H2,1H3. The summed E-state index contributed by atoms with van der Waals surface area (Å²) >= 11 is 0. The Kier molecular flexibility index (Phi) is 3.75. The van der Waals surface area contributed by atoms with E-state index < -0.39 is 15.8 Å². The van der Waals surface area contributed by atoms with Crippen molar-refractivity contribution in [3.8, 4) is 5.75 Å². The fourth-order valence-corrected chi connectivity index (χ4v) is 2.67. The highest BCUT2D eigenvalue weighted by molar-refractivity contribution is 7.92. The molecule has 0 aliphatic carbocycles. The molecule has 106 valence electrons. The third-order valence-corrected chi connectivity index (χ3v) is 3.81. The second-order valence-corrected chi connectivity index (χ2v) is 5.45. The van der Waals surface area contributed by atoms with Crippen LogP contribution in [0.1, 0.15) is 0 Å². The van der Waals surface area contributed by atoms with Crippen molar-refractivity contribution >= 4 is 21.4 Å².